The normalized spacial score (nSPS) is 16.4. The lowest BCUT2D eigenvalue weighted by atomic mass is 10.1. The highest BCUT2D eigenvalue weighted by Crippen LogP contribution is 2.23. The number of hydrogen-bond donors (Lipinski definition) is 3. The fraction of sp³-hybridized carbons (Fsp3) is 0.400. The zero-order chi connectivity index (χ0) is 18.2. The predicted octanol–water partition coefficient (Wildman–Crippen LogP) is 2.08. The van der Waals surface area contributed by atoms with Crippen molar-refractivity contribution in [1.82, 2.24) is 15.6 Å². The second-order valence-electron chi connectivity index (χ2n) is 6.38. The average molecular weight is 354 g/mol. The maximum absolute atomic E-state index is 11.9. The van der Waals surface area contributed by atoms with Crippen LogP contribution >= 0.6 is 0 Å². The average Bonchev–Trinajstić information content (AvgIpc) is 3.23. The third-order valence-electron chi connectivity index (χ3n) is 4.52. The number of anilines is 1. The van der Waals surface area contributed by atoms with E-state index in [2.05, 4.69) is 20.9 Å². The van der Waals surface area contributed by atoms with Crippen LogP contribution in [0.4, 0.5) is 5.82 Å². The van der Waals surface area contributed by atoms with Crippen LogP contribution in [-0.4, -0.2) is 50.1 Å². The molecule has 138 valence electrons. The Morgan fingerprint density at radius 3 is 2.92 bits per heavy atom. The van der Waals surface area contributed by atoms with Crippen LogP contribution in [0.5, 0.6) is 5.75 Å². The van der Waals surface area contributed by atoms with Crippen LogP contribution in [0.2, 0.25) is 0 Å². The molecular weight excluding hydrogens is 328 g/mol. The Hall–Kier alpha value is -2.44. The highest BCUT2D eigenvalue weighted by Gasteiger charge is 2.20. The van der Waals surface area contributed by atoms with E-state index in [0.717, 1.165) is 55.2 Å². The largest absolute Gasteiger partial charge is 0.497 e. The molecule has 26 heavy (non-hydrogen) atoms. The molecule has 0 radical (unpaired) electrons. The van der Waals surface area contributed by atoms with Crippen molar-refractivity contribution in [2.24, 2.45) is 0 Å². The van der Waals surface area contributed by atoms with E-state index in [9.17, 15) is 4.79 Å². The van der Waals surface area contributed by atoms with Gasteiger partial charge in [0.25, 0.3) is 0 Å². The molecule has 3 rings (SSSR count). The summed E-state index contributed by atoms with van der Waals surface area (Å²) in [7, 11) is 1.66. The standard InChI is InChI=1S/C20H26N4O2/c1-26-17-5-2-4-15(12-17)16-7-8-20(24-13-16)23-11-10-21-14-19(25)18-6-3-9-22-18/h2,4-5,7-8,12-13,18,21-22H,3,6,9-11,14H2,1H3,(H,23,24)/t18-/m0/s1. The van der Waals surface area contributed by atoms with Crippen LogP contribution in [0.3, 0.4) is 0 Å². The number of methoxy groups -OCH3 is 1. The highest BCUT2D eigenvalue weighted by molar-refractivity contribution is 5.86. The summed E-state index contributed by atoms with van der Waals surface area (Å²) in [5.74, 6) is 1.91. The summed E-state index contributed by atoms with van der Waals surface area (Å²) in [6.45, 7) is 2.81. The van der Waals surface area contributed by atoms with E-state index in [1.165, 1.54) is 0 Å². The summed E-state index contributed by atoms with van der Waals surface area (Å²) >= 11 is 0. The summed E-state index contributed by atoms with van der Waals surface area (Å²) < 4.78 is 5.26. The topological polar surface area (TPSA) is 75.3 Å². The number of pyridine rings is 1. The SMILES string of the molecule is COc1cccc(-c2ccc(NCCNCC(=O)[C@@H]3CCCN3)nc2)c1. The number of benzene rings is 1. The fourth-order valence-electron chi connectivity index (χ4n) is 3.04. The Balaban J connectivity index is 1.41. The number of carbonyl (C=O) groups is 1. The van der Waals surface area contributed by atoms with Gasteiger partial charge in [0.05, 0.1) is 19.7 Å². The van der Waals surface area contributed by atoms with Crippen molar-refractivity contribution >= 4 is 11.6 Å². The first-order valence-corrected chi connectivity index (χ1v) is 9.07. The van der Waals surface area contributed by atoms with Gasteiger partial charge in [0, 0.05) is 24.8 Å². The monoisotopic (exact) mass is 354 g/mol. The lowest BCUT2D eigenvalue weighted by molar-refractivity contribution is -0.119. The summed E-state index contributed by atoms with van der Waals surface area (Å²) in [6.07, 6.45) is 3.90. The zero-order valence-electron chi connectivity index (χ0n) is 15.1. The number of carbonyl (C=O) groups excluding carboxylic acids is 1. The number of ketones is 1. The molecule has 1 atom stereocenters. The molecule has 2 heterocycles. The van der Waals surface area contributed by atoms with Crippen molar-refractivity contribution in [2.75, 3.05) is 38.6 Å². The van der Waals surface area contributed by atoms with Gasteiger partial charge in [0.2, 0.25) is 0 Å². The van der Waals surface area contributed by atoms with Gasteiger partial charge in [-0.25, -0.2) is 4.98 Å². The fourth-order valence-corrected chi connectivity index (χ4v) is 3.04. The number of hydrogen-bond acceptors (Lipinski definition) is 6. The minimum Gasteiger partial charge on any atom is -0.497 e. The molecule has 0 amide bonds. The maximum atomic E-state index is 11.9. The Bertz CT molecular complexity index is 712. The van der Waals surface area contributed by atoms with Crippen molar-refractivity contribution in [1.29, 1.82) is 0 Å². The molecule has 1 aromatic heterocycles. The number of Topliss-reactive ketones (excluding diaryl/α,β-unsaturated/α-hetero) is 1. The highest BCUT2D eigenvalue weighted by atomic mass is 16.5. The van der Waals surface area contributed by atoms with Crippen LogP contribution < -0.4 is 20.7 Å². The molecule has 0 saturated carbocycles. The minimum atomic E-state index is 0.0429. The molecule has 1 aromatic carbocycles. The maximum Gasteiger partial charge on any atom is 0.163 e. The number of rotatable bonds is 9. The number of ether oxygens (including phenoxy) is 1. The molecule has 6 nitrogen and oxygen atoms in total. The predicted molar refractivity (Wildman–Crippen MR) is 104 cm³/mol. The zero-order valence-corrected chi connectivity index (χ0v) is 15.1. The van der Waals surface area contributed by atoms with Crippen molar-refractivity contribution in [3.63, 3.8) is 0 Å². The van der Waals surface area contributed by atoms with E-state index in [1.807, 2.05) is 42.6 Å². The molecule has 0 spiro atoms. The molecule has 1 aliphatic rings. The number of nitrogens with one attached hydrogen (secondary N) is 3. The van der Waals surface area contributed by atoms with Gasteiger partial charge in [-0.1, -0.05) is 12.1 Å². The molecular formula is C20H26N4O2. The Morgan fingerprint density at radius 2 is 2.19 bits per heavy atom. The molecule has 0 aliphatic carbocycles. The molecule has 2 aromatic rings. The van der Waals surface area contributed by atoms with Crippen LogP contribution in [0, 0.1) is 0 Å². The summed E-state index contributed by atoms with van der Waals surface area (Å²) in [5, 5.41) is 9.68. The molecule has 1 fully saturated rings. The third kappa shape index (κ3) is 5.03. The van der Waals surface area contributed by atoms with E-state index in [-0.39, 0.29) is 11.8 Å². The van der Waals surface area contributed by atoms with Gasteiger partial charge in [0.15, 0.2) is 5.78 Å². The number of aromatic nitrogens is 1. The molecule has 1 saturated heterocycles. The second-order valence-corrected chi connectivity index (χ2v) is 6.38. The van der Waals surface area contributed by atoms with E-state index in [0.29, 0.717) is 6.54 Å². The molecule has 0 bridgehead atoms. The van der Waals surface area contributed by atoms with Gasteiger partial charge in [-0.3, -0.25) is 4.79 Å². The Labute approximate surface area is 154 Å². The van der Waals surface area contributed by atoms with Gasteiger partial charge >= 0.3 is 0 Å². The first-order valence-electron chi connectivity index (χ1n) is 9.07. The minimum absolute atomic E-state index is 0.0429. The quantitative estimate of drug-likeness (QED) is 0.599. The Morgan fingerprint density at radius 1 is 1.27 bits per heavy atom. The van der Waals surface area contributed by atoms with Gasteiger partial charge in [-0.2, -0.15) is 0 Å². The van der Waals surface area contributed by atoms with E-state index < -0.39 is 0 Å². The lowest BCUT2D eigenvalue weighted by Crippen LogP contribution is -2.38. The Kier molecular flexibility index (Phi) is 6.57. The van der Waals surface area contributed by atoms with Crippen molar-refractivity contribution in [3.05, 3.63) is 42.6 Å². The van der Waals surface area contributed by atoms with Crippen LogP contribution in [0.15, 0.2) is 42.6 Å². The molecule has 6 heteroatoms. The summed E-state index contributed by atoms with van der Waals surface area (Å²) in [6, 6.07) is 12.0. The summed E-state index contributed by atoms with van der Waals surface area (Å²) in [5.41, 5.74) is 2.12. The third-order valence-corrected chi connectivity index (χ3v) is 4.52. The van der Waals surface area contributed by atoms with E-state index in [4.69, 9.17) is 4.74 Å². The first kappa shape index (κ1) is 18.4. The van der Waals surface area contributed by atoms with Gasteiger partial charge in [-0.05, 0) is 49.2 Å². The van der Waals surface area contributed by atoms with Gasteiger partial charge in [0.1, 0.15) is 11.6 Å². The van der Waals surface area contributed by atoms with Crippen molar-refractivity contribution in [2.45, 2.75) is 18.9 Å². The lowest BCUT2D eigenvalue weighted by Gasteiger charge is -2.11. The summed E-state index contributed by atoms with van der Waals surface area (Å²) in [4.78, 5) is 16.4. The van der Waals surface area contributed by atoms with Crippen molar-refractivity contribution < 1.29 is 9.53 Å². The van der Waals surface area contributed by atoms with Crippen LogP contribution in [0.1, 0.15) is 12.8 Å². The molecule has 3 N–H and O–H groups in total. The van der Waals surface area contributed by atoms with Gasteiger partial charge in [-0.15, -0.1) is 0 Å². The van der Waals surface area contributed by atoms with Crippen LogP contribution in [-0.2, 0) is 4.79 Å². The van der Waals surface area contributed by atoms with Crippen LogP contribution in [0.25, 0.3) is 11.1 Å². The van der Waals surface area contributed by atoms with Gasteiger partial charge < -0.3 is 20.7 Å². The second kappa shape index (κ2) is 9.31. The molecule has 1 aliphatic heterocycles. The van der Waals surface area contributed by atoms with Crippen molar-refractivity contribution in [3.8, 4) is 16.9 Å². The number of nitrogens with zero attached hydrogens (tertiary/aromatic N) is 1. The smallest absolute Gasteiger partial charge is 0.163 e. The van der Waals surface area contributed by atoms with E-state index in [1.54, 1.807) is 7.11 Å². The first-order chi connectivity index (χ1) is 12.8. The molecule has 0 unspecified atom stereocenters. The van der Waals surface area contributed by atoms with E-state index >= 15 is 0 Å².